The molecule has 3 aromatic heterocycles. The zero-order chi connectivity index (χ0) is 29.5. The van der Waals surface area contributed by atoms with Crippen LogP contribution in [0.25, 0.3) is 80.0 Å². The molecule has 0 saturated heterocycles. The minimum Gasteiger partial charge on any atom is -0.309 e. The van der Waals surface area contributed by atoms with Gasteiger partial charge in [0.25, 0.3) is 0 Å². The van der Waals surface area contributed by atoms with Gasteiger partial charge in [0.2, 0.25) is 0 Å². The standard InChI is InChI=1S/C39H22N4S/c1-23-11-16-38-31(17-23)32-20-26(42-33-9-5-3-8-28(33)30-19-25(41-2)13-15-35(30)42)21-37(39(32)44-38)43-34-10-6-4-7-27(34)29-18-24(22-40)12-14-36(29)43/h3-21H,1H3. The smallest absolute Gasteiger partial charge is 0.188 e. The molecule has 4 nitrogen and oxygen atoms in total. The summed E-state index contributed by atoms with van der Waals surface area (Å²) >= 11 is 1.82. The highest BCUT2D eigenvalue weighted by atomic mass is 32.1. The number of hydrogen-bond donors (Lipinski definition) is 0. The summed E-state index contributed by atoms with van der Waals surface area (Å²) in [5.74, 6) is 0. The van der Waals surface area contributed by atoms with Crippen molar-refractivity contribution in [2.45, 2.75) is 6.92 Å². The van der Waals surface area contributed by atoms with Crippen molar-refractivity contribution in [2.24, 2.45) is 0 Å². The van der Waals surface area contributed by atoms with Gasteiger partial charge in [0.05, 0.1) is 50.7 Å². The summed E-state index contributed by atoms with van der Waals surface area (Å²) in [6.45, 7) is 9.78. The van der Waals surface area contributed by atoms with E-state index in [1.54, 1.807) is 0 Å². The first-order valence-electron chi connectivity index (χ1n) is 14.4. The summed E-state index contributed by atoms with van der Waals surface area (Å²) < 4.78 is 7.17. The number of fused-ring (bicyclic) bond motifs is 9. The van der Waals surface area contributed by atoms with E-state index in [4.69, 9.17) is 6.57 Å². The van der Waals surface area contributed by atoms with Crippen molar-refractivity contribution in [3.63, 3.8) is 0 Å². The maximum atomic E-state index is 9.71. The van der Waals surface area contributed by atoms with E-state index in [0.29, 0.717) is 11.3 Å². The Morgan fingerprint density at radius 1 is 0.636 bits per heavy atom. The van der Waals surface area contributed by atoms with E-state index in [1.165, 1.54) is 25.7 Å². The number of nitriles is 1. The Labute approximate surface area is 256 Å². The lowest BCUT2D eigenvalue weighted by molar-refractivity contribution is 1.15. The summed E-state index contributed by atoms with van der Waals surface area (Å²) in [6.07, 6.45) is 0. The summed E-state index contributed by atoms with van der Waals surface area (Å²) in [6, 6.07) is 42.6. The normalized spacial score (nSPS) is 11.7. The number of benzene rings is 6. The summed E-state index contributed by atoms with van der Waals surface area (Å²) in [4.78, 5) is 3.72. The Bertz CT molecular complexity index is 2760. The van der Waals surface area contributed by atoms with Gasteiger partial charge < -0.3 is 9.13 Å². The Balaban J connectivity index is 1.48. The van der Waals surface area contributed by atoms with Crippen LogP contribution in [0.4, 0.5) is 5.69 Å². The molecule has 0 atom stereocenters. The van der Waals surface area contributed by atoms with Gasteiger partial charge in [-0.2, -0.15) is 5.26 Å². The molecule has 0 aliphatic rings. The van der Waals surface area contributed by atoms with Crippen molar-refractivity contribution < 1.29 is 0 Å². The van der Waals surface area contributed by atoms with Crippen LogP contribution in [-0.4, -0.2) is 9.13 Å². The first-order chi connectivity index (χ1) is 21.6. The number of aromatic nitrogens is 2. The van der Waals surface area contributed by atoms with Crippen LogP contribution in [0.5, 0.6) is 0 Å². The zero-order valence-electron chi connectivity index (χ0n) is 23.7. The molecule has 44 heavy (non-hydrogen) atoms. The molecule has 204 valence electrons. The van der Waals surface area contributed by atoms with E-state index < -0.39 is 0 Å². The molecule has 6 aromatic carbocycles. The van der Waals surface area contributed by atoms with Gasteiger partial charge >= 0.3 is 0 Å². The predicted octanol–water partition coefficient (Wildman–Crippen LogP) is 11.0. The van der Waals surface area contributed by atoms with Crippen LogP contribution in [0.2, 0.25) is 0 Å². The summed E-state index contributed by atoms with van der Waals surface area (Å²) in [5.41, 5.74) is 9.04. The molecule has 0 N–H and O–H groups in total. The van der Waals surface area contributed by atoms with Crippen molar-refractivity contribution in [3.05, 3.63) is 138 Å². The Kier molecular flexibility index (Phi) is 5.08. The van der Waals surface area contributed by atoms with Gasteiger partial charge in [0.1, 0.15) is 0 Å². The highest BCUT2D eigenvalue weighted by molar-refractivity contribution is 7.26. The van der Waals surface area contributed by atoms with Crippen LogP contribution in [-0.2, 0) is 0 Å². The van der Waals surface area contributed by atoms with E-state index in [9.17, 15) is 5.26 Å². The molecule has 9 rings (SSSR count). The quantitative estimate of drug-likeness (QED) is 0.188. The lowest BCUT2D eigenvalue weighted by atomic mass is 10.1. The molecule has 0 unspecified atom stereocenters. The molecule has 0 saturated carbocycles. The molecule has 0 aliphatic heterocycles. The van der Waals surface area contributed by atoms with E-state index in [-0.39, 0.29) is 0 Å². The SMILES string of the molecule is [C-]#[N+]c1ccc2c(c1)c1ccccc1n2-c1cc(-n2c3ccccc3c3cc(C#N)ccc32)c2sc3ccc(C)cc3c2c1. The number of hydrogen-bond acceptors (Lipinski definition) is 2. The largest absolute Gasteiger partial charge is 0.309 e. The lowest BCUT2D eigenvalue weighted by Crippen LogP contribution is -1.99. The molecule has 0 fully saturated rings. The van der Waals surface area contributed by atoms with E-state index in [0.717, 1.165) is 55.0 Å². The molecular formula is C39H22N4S. The van der Waals surface area contributed by atoms with Crippen molar-refractivity contribution in [1.29, 1.82) is 5.26 Å². The molecule has 9 aromatic rings. The van der Waals surface area contributed by atoms with Gasteiger partial charge in [-0.25, -0.2) is 4.85 Å². The summed E-state index contributed by atoms with van der Waals surface area (Å²) in [5, 5.41) is 16.6. The third kappa shape index (κ3) is 3.36. The van der Waals surface area contributed by atoms with Crippen molar-refractivity contribution >= 4 is 80.8 Å². The van der Waals surface area contributed by atoms with Gasteiger partial charge in [-0.05, 0) is 79.0 Å². The van der Waals surface area contributed by atoms with Gasteiger partial charge in [-0.3, -0.25) is 0 Å². The second kappa shape index (κ2) is 9.06. The molecule has 0 radical (unpaired) electrons. The first kappa shape index (κ1) is 24.7. The maximum absolute atomic E-state index is 9.71. The monoisotopic (exact) mass is 578 g/mol. The number of thiophene rings is 1. The van der Waals surface area contributed by atoms with Gasteiger partial charge in [0, 0.05) is 37.3 Å². The van der Waals surface area contributed by atoms with Crippen LogP contribution in [0.15, 0.2) is 115 Å². The molecule has 0 amide bonds. The van der Waals surface area contributed by atoms with Crippen LogP contribution in [0.3, 0.4) is 0 Å². The average molecular weight is 579 g/mol. The van der Waals surface area contributed by atoms with Crippen LogP contribution in [0.1, 0.15) is 11.1 Å². The fraction of sp³-hybridized carbons (Fsp3) is 0.0256. The number of para-hydroxylation sites is 2. The van der Waals surface area contributed by atoms with E-state index in [1.807, 2.05) is 35.6 Å². The number of rotatable bonds is 2. The molecular weight excluding hydrogens is 557 g/mol. The van der Waals surface area contributed by atoms with Crippen LogP contribution >= 0.6 is 11.3 Å². The molecule has 0 spiro atoms. The Morgan fingerprint density at radius 2 is 1.32 bits per heavy atom. The molecule has 0 aliphatic carbocycles. The maximum Gasteiger partial charge on any atom is 0.188 e. The second-order valence-electron chi connectivity index (χ2n) is 11.3. The average Bonchev–Trinajstić information content (AvgIpc) is 3.71. The van der Waals surface area contributed by atoms with Crippen molar-refractivity contribution in [1.82, 2.24) is 9.13 Å². The number of aryl methyl sites for hydroxylation is 1. The molecule has 3 heterocycles. The highest BCUT2D eigenvalue weighted by Gasteiger charge is 2.20. The fourth-order valence-electron chi connectivity index (χ4n) is 6.87. The lowest BCUT2D eigenvalue weighted by Gasteiger charge is -2.15. The molecule has 5 heteroatoms. The van der Waals surface area contributed by atoms with E-state index >= 15 is 0 Å². The van der Waals surface area contributed by atoms with Crippen molar-refractivity contribution in [3.8, 4) is 17.4 Å². The van der Waals surface area contributed by atoms with Crippen LogP contribution in [0, 0.1) is 24.8 Å². The fourth-order valence-corrected chi connectivity index (χ4v) is 8.03. The van der Waals surface area contributed by atoms with Gasteiger partial charge in [-0.15, -0.1) is 11.3 Å². The minimum absolute atomic E-state index is 0.637. The minimum atomic E-state index is 0.637. The topological polar surface area (TPSA) is 38.0 Å². The summed E-state index contributed by atoms with van der Waals surface area (Å²) in [7, 11) is 0. The zero-order valence-corrected chi connectivity index (χ0v) is 24.5. The Hall–Kier alpha value is -5.88. The number of nitrogens with zero attached hydrogens (tertiary/aromatic N) is 4. The second-order valence-corrected chi connectivity index (χ2v) is 12.4. The van der Waals surface area contributed by atoms with Crippen molar-refractivity contribution in [2.75, 3.05) is 0 Å². The van der Waals surface area contributed by atoms with Crippen LogP contribution < -0.4 is 0 Å². The predicted molar refractivity (Wildman–Crippen MR) is 184 cm³/mol. The highest BCUT2D eigenvalue weighted by Crippen LogP contribution is 2.44. The van der Waals surface area contributed by atoms with Gasteiger partial charge in [0.15, 0.2) is 5.69 Å². The third-order valence-corrected chi connectivity index (χ3v) is 9.99. The van der Waals surface area contributed by atoms with E-state index in [2.05, 4.69) is 118 Å². The van der Waals surface area contributed by atoms with Gasteiger partial charge in [-0.1, -0.05) is 54.1 Å². The third-order valence-electron chi connectivity index (χ3n) is 8.78. The first-order valence-corrected chi connectivity index (χ1v) is 15.3. The molecule has 0 bridgehead atoms. The Morgan fingerprint density at radius 3 is 2.09 bits per heavy atom.